The molecule has 1 N–H and O–H groups in total. The molecule has 0 saturated carbocycles. The number of para-hydroxylation sites is 1. The summed E-state index contributed by atoms with van der Waals surface area (Å²) in [7, 11) is 0. The Kier molecular flexibility index (Phi) is 4.56. The van der Waals surface area contributed by atoms with Gasteiger partial charge in [-0.05, 0) is 38.8 Å². The number of nitrogens with one attached hydrogen (secondary N) is 1. The van der Waals surface area contributed by atoms with Crippen molar-refractivity contribution in [2.24, 2.45) is 0 Å². The standard InChI is InChI=1S/C21H24N4O2/c1-14(2)25-11-9-22-20(25)15-6-5-10-24(13-15)21(27)18-12-19(26)16-7-3-4-8-17(16)23-18/h3-4,7-9,11-12,14-15H,5-6,10,13H2,1-2H3,(H,23,26)/t15-/m1/s1. The maximum atomic E-state index is 13.1. The van der Waals surface area contributed by atoms with Gasteiger partial charge in [0, 0.05) is 54.4 Å². The Balaban J connectivity index is 1.61. The Morgan fingerprint density at radius 1 is 1.30 bits per heavy atom. The van der Waals surface area contributed by atoms with Gasteiger partial charge in [0.1, 0.15) is 11.5 Å². The van der Waals surface area contributed by atoms with Crippen molar-refractivity contribution in [3.8, 4) is 0 Å². The van der Waals surface area contributed by atoms with Crippen molar-refractivity contribution in [2.45, 2.75) is 38.6 Å². The van der Waals surface area contributed by atoms with Gasteiger partial charge >= 0.3 is 0 Å². The van der Waals surface area contributed by atoms with Crippen LogP contribution in [0.15, 0.2) is 47.5 Å². The molecule has 140 valence electrons. The number of carbonyl (C=O) groups excluding carboxylic acids is 1. The number of hydrogen-bond donors (Lipinski definition) is 1. The molecule has 0 spiro atoms. The van der Waals surface area contributed by atoms with Crippen molar-refractivity contribution in [3.63, 3.8) is 0 Å². The number of H-pyrrole nitrogens is 1. The van der Waals surface area contributed by atoms with Crippen LogP contribution in [0.4, 0.5) is 0 Å². The minimum absolute atomic E-state index is 0.120. The molecule has 1 fully saturated rings. The summed E-state index contributed by atoms with van der Waals surface area (Å²) in [4.78, 5) is 34.9. The zero-order valence-corrected chi connectivity index (χ0v) is 15.7. The van der Waals surface area contributed by atoms with Gasteiger partial charge in [0.2, 0.25) is 0 Å². The highest BCUT2D eigenvalue weighted by atomic mass is 16.2. The summed E-state index contributed by atoms with van der Waals surface area (Å²) in [6, 6.07) is 9.03. The molecule has 1 saturated heterocycles. The molecule has 3 aromatic rings. The molecule has 3 heterocycles. The molecule has 1 amide bonds. The van der Waals surface area contributed by atoms with Crippen molar-refractivity contribution in [3.05, 3.63) is 64.5 Å². The van der Waals surface area contributed by atoms with Gasteiger partial charge in [-0.25, -0.2) is 4.98 Å². The van der Waals surface area contributed by atoms with Crippen LogP contribution in [0.1, 0.15) is 55.0 Å². The number of aromatic nitrogens is 3. The van der Waals surface area contributed by atoms with Crippen molar-refractivity contribution in [1.82, 2.24) is 19.4 Å². The average Bonchev–Trinajstić information content (AvgIpc) is 3.18. The normalized spacial score (nSPS) is 17.6. The number of benzene rings is 1. The van der Waals surface area contributed by atoms with Crippen LogP contribution in [0.3, 0.4) is 0 Å². The lowest BCUT2D eigenvalue weighted by atomic mass is 9.96. The molecule has 1 atom stereocenters. The molecular weight excluding hydrogens is 340 g/mol. The highest BCUT2D eigenvalue weighted by Gasteiger charge is 2.29. The molecule has 0 aliphatic carbocycles. The lowest BCUT2D eigenvalue weighted by Gasteiger charge is -2.33. The molecule has 27 heavy (non-hydrogen) atoms. The first-order valence-electron chi connectivity index (χ1n) is 9.48. The first-order valence-corrected chi connectivity index (χ1v) is 9.48. The third-order valence-corrected chi connectivity index (χ3v) is 5.30. The van der Waals surface area contributed by atoms with Gasteiger partial charge in [-0.2, -0.15) is 0 Å². The minimum atomic E-state index is -0.128. The number of pyridine rings is 1. The molecule has 6 nitrogen and oxygen atoms in total. The highest BCUT2D eigenvalue weighted by molar-refractivity contribution is 5.95. The monoisotopic (exact) mass is 364 g/mol. The Morgan fingerprint density at radius 3 is 2.93 bits per heavy atom. The van der Waals surface area contributed by atoms with Crippen LogP contribution < -0.4 is 5.43 Å². The second-order valence-corrected chi connectivity index (χ2v) is 7.47. The molecule has 0 unspecified atom stereocenters. The largest absolute Gasteiger partial charge is 0.350 e. The van der Waals surface area contributed by atoms with E-state index < -0.39 is 0 Å². The summed E-state index contributed by atoms with van der Waals surface area (Å²) in [6.45, 7) is 5.59. The number of fused-ring (bicyclic) bond motifs is 1. The topological polar surface area (TPSA) is 71.0 Å². The zero-order valence-electron chi connectivity index (χ0n) is 15.7. The molecule has 6 heteroatoms. The van der Waals surface area contributed by atoms with E-state index in [0.29, 0.717) is 35.7 Å². The third-order valence-electron chi connectivity index (χ3n) is 5.30. The van der Waals surface area contributed by atoms with E-state index in [1.807, 2.05) is 35.5 Å². The minimum Gasteiger partial charge on any atom is -0.350 e. The van der Waals surface area contributed by atoms with Crippen molar-refractivity contribution in [2.75, 3.05) is 13.1 Å². The van der Waals surface area contributed by atoms with Gasteiger partial charge in [-0.1, -0.05) is 12.1 Å². The number of imidazole rings is 1. The van der Waals surface area contributed by atoms with Crippen LogP contribution in [0.25, 0.3) is 10.9 Å². The van der Waals surface area contributed by atoms with Gasteiger partial charge in [0.25, 0.3) is 5.91 Å². The van der Waals surface area contributed by atoms with E-state index in [1.54, 1.807) is 6.07 Å². The third kappa shape index (κ3) is 3.27. The number of aromatic amines is 1. The number of hydrogen-bond acceptors (Lipinski definition) is 3. The molecule has 4 rings (SSSR count). The van der Waals surface area contributed by atoms with E-state index in [4.69, 9.17) is 0 Å². The summed E-state index contributed by atoms with van der Waals surface area (Å²) in [6.07, 6.45) is 5.78. The summed E-state index contributed by atoms with van der Waals surface area (Å²) < 4.78 is 2.18. The SMILES string of the molecule is CC(C)n1ccnc1[C@@H]1CCCN(C(=O)c2cc(=O)c3ccccc3[nH]2)C1. The van der Waals surface area contributed by atoms with Crippen LogP contribution in [0, 0.1) is 0 Å². The smallest absolute Gasteiger partial charge is 0.270 e. The number of carbonyl (C=O) groups is 1. The average molecular weight is 364 g/mol. The fraction of sp³-hybridized carbons (Fsp3) is 0.381. The molecular formula is C21H24N4O2. The van der Waals surface area contributed by atoms with E-state index in [9.17, 15) is 9.59 Å². The van der Waals surface area contributed by atoms with Gasteiger partial charge in [-0.3, -0.25) is 9.59 Å². The van der Waals surface area contributed by atoms with E-state index in [2.05, 4.69) is 28.4 Å². The van der Waals surface area contributed by atoms with E-state index in [1.165, 1.54) is 6.07 Å². The quantitative estimate of drug-likeness (QED) is 0.775. The van der Waals surface area contributed by atoms with Crippen molar-refractivity contribution >= 4 is 16.8 Å². The maximum absolute atomic E-state index is 13.1. The number of rotatable bonds is 3. The maximum Gasteiger partial charge on any atom is 0.270 e. The van der Waals surface area contributed by atoms with E-state index in [-0.39, 0.29) is 17.3 Å². The number of likely N-dealkylation sites (tertiary alicyclic amines) is 1. The Hall–Kier alpha value is -2.89. The number of amides is 1. The summed E-state index contributed by atoms with van der Waals surface area (Å²) in [5, 5.41) is 0.601. The Bertz CT molecular complexity index is 1030. The zero-order chi connectivity index (χ0) is 19.0. The predicted molar refractivity (Wildman–Crippen MR) is 105 cm³/mol. The highest BCUT2D eigenvalue weighted by Crippen LogP contribution is 2.28. The van der Waals surface area contributed by atoms with Crippen LogP contribution in [0.2, 0.25) is 0 Å². The predicted octanol–water partition coefficient (Wildman–Crippen LogP) is 3.33. The van der Waals surface area contributed by atoms with Crippen LogP contribution in [0.5, 0.6) is 0 Å². The molecule has 1 aliphatic heterocycles. The van der Waals surface area contributed by atoms with Crippen molar-refractivity contribution in [1.29, 1.82) is 0 Å². The van der Waals surface area contributed by atoms with Gasteiger partial charge in [-0.15, -0.1) is 0 Å². The van der Waals surface area contributed by atoms with E-state index >= 15 is 0 Å². The Morgan fingerprint density at radius 2 is 2.11 bits per heavy atom. The van der Waals surface area contributed by atoms with Crippen molar-refractivity contribution < 1.29 is 4.79 Å². The fourth-order valence-corrected chi connectivity index (χ4v) is 3.93. The summed E-state index contributed by atoms with van der Waals surface area (Å²) in [5.74, 6) is 1.13. The summed E-state index contributed by atoms with van der Waals surface area (Å²) in [5.41, 5.74) is 0.917. The second-order valence-electron chi connectivity index (χ2n) is 7.47. The lowest BCUT2D eigenvalue weighted by molar-refractivity contribution is 0.0697. The first kappa shape index (κ1) is 17.5. The fourth-order valence-electron chi connectivity index (χ4n) is 3.93. The molecule has 0 bridgehead atoms. The Labute approximate surface area is 157 Å². The lowest BCUT2D eigenvalue weighted by Crippen LogP contribution is -2.40. The molecule has 0 radical (unpaired) electrons. The van der Waals surface area contributed by atoms with Crippen LogP contribution in [-0.2, 0) is 0 Å². The summed E-state index contributed by atoms with van der Waals surface area (Å²) >= 11 is 0. The van der Waals surface area contributed by atoms with Gasteiger partial charge < -0.3 is 14.5 Å². The molecule has 1 aromatic carbocycles. The van der Waals surface area contributed by atoms with Gasteiger partial charge in [0.05, 0.1) is 0 Å². The second kappa shape index (κ2) is 7.02. The number of nitrogens with zero attached hydrogens (tertiary/aromatic N) is 3. The molecule has 1 aliphatic rings. The first-order chi connectivity index (χ1) is 13.0. The van der Waals surface area contributed by atoms with Gasteiger partial charge in [0.15, 0.2) is 5.43 Å². The number of piperidine rings is 1. The molecule has 2 aromatic heterocycles. The van der Waals surface area contributed by atoms with Crippen LogP contribution >= 0.6 is 0 Å². The van der Waals surface area contributed by atoms with E-state index in [0.717, 1.165) is 18.7 Å². The van der Waals surface area contributed by atoms with Crippen LogP contribution in [-0.4, -0.2) is 38.4 Å².